The lowest BCUT2D eigenvalue weighted by Gasteiger charge is -2.35. The lowest BCUT2D eigenvalue weighted by Crippen LogP contribution is -2.50. The van der Waals surface area contributed by atoms with E-state index in [-0.39, 0.29) is 24.2 Å². The van der Waals surface area contributed by atoms with Gasteiger partial charge in [0, 0.05) is 45.2 Å². The summed E-state index contributed by atoms with van der Waals surface area (Å²) in [7, 11) is -3.48. The molecule has 0 unspecified atom stereocenters. The Bertz CT molecular complexity index is 723. The first kappa shape index (κ1) is 22.1. The minimum absolute atomic E-state index is 0. The number of halogens is 1. The zero-order valence-corrected chi connectivity index (χ0v) is 17.7. The van der Waals surface area contributed by atoms with E-state index in [9.17, 15) is 13.2 Å². The van der Waals surface area contributed by atoms with Gasteiger partial charge in [-0.2, -0.15) is 4.31 Å². The summed E-state index contributed by atoms with van der Waals surface area (Å²) in [6, 6.07) is 7.17. The van der Waals surface area contributed by atoms with Gasteiger partial charge >= 0.3 is 0 Å². The average Bonchev–Trinajstić information content (AvgIpc) is 2.68. The average molecular weight is 416 g/mol. The highest BCUT2D eigenvalue weighted by molar-refractivity contribution is 7.89. The molecule has 0 atom stereocenters. The standard InChI is InChI=1S/C19H29N3O3S.ClH/c1-15(2)16-3-5-18(6-4-16)26(24,25)22-11-7-17(8-12-22)19(23)21-13-9-20-10-14-21;/h3-6,15,17,20H,7-14H2,1-2H3;1H. The van der Waals surface area contributed by atoms with Gasteiger partial charge in [-0.1, -0.05) is 26.0 Å². The van der Waals surface area contributed by atoms with Gasteiger partial charge in [-0.05, 0) is 36.5 Å². The summed E-state index contributed by atoms with van der Waals surface area (Å²) in [6.07, 6.45) is 1.21. The molecular weight excluding hydrogens is 386 g/mol. The summed E-state index contributed by atoms with van der Waals surface area (Å²) in [4.78, 5) is 14.9. The first-order valence-electron chi connectivity index (χ1n) is 9.49. The molecule has 0 saturated carbocycles. The van der Waals surface area contributed by atoms with E-state index >= 15 is 0 Å². The molecule has 0 radical (unpaired) electrons. The van der Waals surface area contributed by atoms with Gasteiger partial charge in [0.05, 0.1) is 4.90 Å². The van der Waals surface area contributed by atoms with Crippen LogP contribution < -0.4 is 5.32 Å². The molecule has 0 aromatic heterocycles. The molecule has 0 spiro atoms. The molecule has 2 heterocycles. The molecule has 6 nitrogen and oxygen atoms in total. The summed E-state index contributed by atoms with van der Waals surface area (Å²) >= 11 is 0. The highest BCUT2D eigenvalue weighted by Crippen LogP contribution is 2.26. The van der Waals surface area contributed by atoms with Crippen LogP contribution in [0.15, 0.2) is 29.2 Å². The Kier molecular flexibility index (Phi) is 7.68. The maximum Gasteiger partial charge on any atom is 0.243 e. The number of carbonyl (C=O) groups is 1. The zero-order chi connectivity index (χ0) is 18.7. The maximum absolute atomic E-state index is 12.9. The summed E-state index contributed by atoms with van der Waals surface area (Å²) in [5.41, 5.74) is 1.13. The van der Waals surface area contributed by atoms with Crippen molar-refractivity contribution in [3.63, 3.8) is 0 Å². The van der Waals surface area contributed by atoms with Crippen LogP contribution in [-0.4, -0.2) is 62.8 Å². The minimum Gasteiger partial charge on any atom is -0.340 e. The first-order valence-corrected chi connectivity index (χ1v) is 10.9. The van der Waals surface area contributed by atoms with Crippen molar-refractivity contribution in [2.75, 3.05) is 39.3 Å². The quantitative estimate of drug-likeness (QED) is 0.817. The Labute approximate surface area is 168 Å². The second kappa shape index (κ2) is 9.37. The molecule has 3 rings (SSSR count). The molecule has 27 heavy (non-hydrogen) atoms. The zero-order valence-electron chi connectivity index (χ0n) is 16.1. The fourth-order valence-corrected chi connectivity index (χ4v) is 5.13. The topological polar surface area (TPSA) is 69.7 Å². The molecule has 1 aromatic carbocycles. The number of piperazine rings is 1. The number of hydrogen-bond acceptors (Lipinski definition) is 4. The fraction of sp³-hybridized carbons (Fsp3) is 0.632. The molecule has 8 heteroatoms. The van der Waals surface area contributed by atoms with E-state index in [2.05, 4.69) is 19.2 Å². The van der Waals surface area contributed by atoms with Crippen molar-refractivity contribution in [1.82, 2.24) is 14.5 Å². The Morgan fingerprint density at radius 2 is 1.59 bits per heavy atom. The van der Waals surface area contributed by atoms with Crippen LogP contribution in [0, 0.1) is 5.92 Å². The minimum atomic E-state index is -3.48. The van der Waals surface area contributed by atoms with Crippen LogP contribution in [0.25, 0.3) is 0 Å². The van der Waals surface area contributed by atoms with Gasteiger partial charge in [-0.3, -0.25) is 4.79 Å². The molecule has 2 aliphatic rings. The number of piperidine rings is 1. The van der Waals surface area contributed by atoms with E-state index in [0.717, 1.165) is 31.7 Å². The van der Waals surface area contributed by atoms with E-state index in [0.29, 0.717) is 36.7 Å². The van der Waals surface area contributed by atoms with Crippen molar-refractivity contribution in [3.05, 3.63) is 29.8 Å². The van der Waals surface area contributed by atoms with Gasteiger partial charge in [0.25, 0.3) is 0 Å². The number of carbonyl (C=O) groups excluding carboxylic acids is 1. The summed E-state index contributed by atoms with van der Waals surface area (Å²) in [5.74, 6) is 0.506. The molecule has 152 valence electrons. The molecule has 0 aliphatic carbocycles. The van der Waals surface area contributed by atoms with Crippen LogP contribution in [0.1, 0.15) is 38.2 Å². The lowest BCUT2D eigenvalue weighted by molar-refractivity contribution is -0.137. The predicted octanol–water partition coefficient (Wildman–Crippen LogP) is 2.06. The van der Waals surface area contributed by atoms with Gasteiger partial charge in [0.2, 0.25) is 15.9 Å². The van der Waals surface area contributed by atoms with E-state index in [4.69, 9.17) is 0 Å². The maximum atomic E-state index is 12.9. The normalized spacial score (nSPS) is 19.7. The number of benzene rings is 1. The third-order valence-corrected chi connectivity index (χ3v) is 7.33. The molecule has 2 fully saturated rings. The van der Waals surface area contributed by atoms with Gasteiger partial charge < -0.3 is 10.2 Å². The van der Waals surface area contributed by atoms with E-state index in [1.807, 2.05) is 17.0 Å². The number of rotatable bonds is 4. The van der Waals surface area contributed by atoms with Crippen LogP contribution >= 0.6 is 12.4 Å². The molecule has 1 aromatic rings. The number of nitrogens with one attached hydrogen (secondary N) is 1. The van der Waals surface area contributed by atoms with E-state index in [1.54, 1.807) is 12.1 Å². The largest absolute Gasteiger partial charge is 0.340 e. The highest BCUT2D eigenvalue weighted by Gasteiger charge is 2.34. The van der Waals surface area contributed by atoms with E-state index < -0.39 is 10.0 Å². The molecule has 1 N–H and O–H groups in total. The van der Waals surface area contributed by atoms with Crippen molar-refractivity contribution in [2.24, 2.45) is 5.92 Å². The second-order valence-corrected chi connectivity index (χ2v) is 9.42. The fourth-order valence-electron chi connectivity index (χ4n) is 3.66. The smallest absolute Gasteiger partial charge is 0.243 e. The first-order chi connectivity index (χ1) is 12.4. The van der Waals surface area contributed by atoms with Crippen LogP contribution in [0.3, 0.4) is 0 Å². The monoisotopic (exact) mass is 415 g/mol. The molecular formula is C19H30ClN3O3S. The lowest BCUT2D eigenvalue weighted by atomic mass is 9.96. The van der Waals surface area contributed by atoms with Crippen molar-refractivity contribution in [3.8, 4) is 0 Å². The van der Waals surface area contributed by atoms with Gasteiger partial charge in [-0.25, -0.2) is 8.42 Å². The van der Waals surface area contributed by atoms with Crippen LogP contribution in [0.4, 0.5) is 0 Å². The summed E-state index contributed by atoms with van der Waals surface area (Å²) < 4.78 is 27.3. The van der Waals surface area contributed by atoms with Crippen LogP contribution in [0.2, 0.25) is 0 Å². The number of amides is 1. The predicted molar refractivity (Wildman–Crippen MR) is 109 cm³/mol. The van der Waals surface area contributed by atoms with Crippen molar-refractivity contribution < 1.29 is 13.2 Å². The number of hydrogen-bond donors (Lipinski definition) is 1. The summed E-state index contributed by atoms with van der Waals surface area (Å²) in [5, 5.41) is 3.25. The molecule has 2 saturated heterocycles. The number of sulfonamides is 1. The Morgan fingerprint density at radius 3 is 2.11 bits per heavy atom. The van der Waals surface area contributed by atoms with Gasteiger partial charge in [0.1, 0.15) is 0 Å². The van der Waals surface area contributed by atoms with E-state index in [1.165, 1.54) is 4.31 Å². The Hall–Kier alpha value is -1.15. The Morgan fingerprint density at radius 1 is 1.04 bits per heavy atom. The Balaban J connectivity index is 0.00000261. The van der Waals surface area contributed by atoms with Crippen LogP contribution in [0.5, 0.6) is 0 Å². The molecule has 0 bridgehead atoms. The molecule has 1 amide bonds. The van der Waals surface area contributed by atoms with Crippen molar-refractivity contribution in [1.29, 1.82) is 0 Å². The highest BCUT2D eigenvalue weighted by atomic mass is 35.5. The van der Waals surface area contributed by atoms with Gasteiger partial charge in [0.15, 0.2) is 0 Å². The van der Waals surface area contributed by atoms with Gasteiger partial charge in [-0.15, -0.1) is 12.4 Å². The second-order valence-electron chi connectivity index (χ2n) is 7.48. The number of nitrogens with zero attached hydrogens (tertiary/aromatic N) is 2. The van der Waals surface area contributed by atoms with Crippen molar-refractivity contribution in [2.45, 2.75) is 37.5 Å². The van der Waals surface area contributed by atoms with Crippen molar-refractivity contribution >= 4 is 28.3 Å². The third kappa shape index (κ3) is 5.02. The third-order valence-electron chi connectivity index (χ3n) is 5.42. The SMILES string of the molecule is CC(C)c1ccc(S(=O)(=O)N2CCC(C(=O)N3CCNCC3)CC2)cc1.Cl. The molecule has 2 aliphatic heterocycles. The van der Waals surface area contributed by atoms with Crippen LogP contribution in [-0.2, 0) is 14.8 Å². The summed E-state index contributed by atoms with van der Waals surface area (Å²) in [6.45, 7) is 8.18.